The van der Waals surface area contributed by atoms with E-state index in [1.54, 1.807) is 0 Å². The van der Waals surface area contributed by atoms with Gasteiger partial charge in [-0.3, -0.25) is 4.89 Å². The van der Waals surface area contributed by atoms with Gasteiger partial charge in [0, 0.05) is 6.42 Å². The summed E-state index contributed by atoms with van der Waals surface area (Å²) in [7, 11) is 1.34. The molecule has 0 N–H and O–H groups in total. The fourth-order valence-electron chi connectivity index (χ4n) is 1.01. The highest BCUT2D eigenvalue weighted by atomic mass is 17.2. The predicted octanol–water partition coefficient (Wildman–Crippen LogP) is 2.45. The van der Waals surface area contributed by atoms with Crippen molar-refractivity contribution in [3.05, 3.63) is 0 Å². The summed E-state index contributed by atoms with van der Waals surface area (Å²) in [5.41, 5.74) is 0. The minimum absolute atomic E-state index is 0.269. The van der Waals surface area contributed by atoms with Crippen LogP contribution in [0.15, 0.2) is 0 Å². The van der Waals surface area contributed by atoms with Gasteiger partial charge in [-0.15, -0.1) is 0 Å². The Labute approximate surface area is 74.0 Å². The summed E-state index contributed by atoms with van der Waals surface area (Å²) in [4.78, 5) is 19.3. The van der Waals surface area contributed by atoms with E-state index in [1.807, 2.05) is 0 Å². The van der Waals surface area contributed by atoms with E-state index in [4.69, 9.17) is 0 Å². The van der Waals surface area contributed by atoms with Gasteiger partial charge in [0.05, 0.1) is 7.11 Å². The Hall–Kier alpha value is -0.570. The molecular weight excluding hydrogens is 156 g/mol. The summed E-state index contributed by atoms with van der Waals surface area (Å²) < 4.78 is 0. The van der Waals surface area contributed by atoms with Crippen molar-refractivity contribution in [3.63, 3.8) is 0 Å². The topological polar surface area (TPSA) is 35.5 Å². The Morgan fingerprint density at radius 2 is 1.83 bits per heavy atom. The zero-order valence-electron chi connectivity index (χ0n) is 7.97. The first-order chi connectivity index (χ1) is 5.81. The van der Waals surface area contributed by atoms with Crippen molar-refractivity contribution in [1.82, 2.24) is 0 Å². The number of carbonyl (C=O) groups is 1. The second-order valence-corrected chi connectivity index (χ2v) is 2.79. The monoisotopic (exact) mass is 174 g/mol. The van der Waals surface area contributed by atoms with Gasteiger partial charge in [-0.05, 0) is 6.42 Å². The van der Waals surface area contributed by atoms with Gasteiger partial charge in [0.25, 0.3) is 0 Å². The Morgan fingerprint density at radius 3 is 2.42 bits per heavy atom. The van der Waals surface area contributed by atoms with Crippen LogP contribution in [0.3, 0.4) is 0 Å². The Balaban J connectivity index is 3.03. The van der Waals surface area contributed by atoms with Crippen molar-refractivity contribution in [3.8, 4) is 0 Å². The van der Waals surface area contributed by atoms with E-state index >= 15 is 0 Å². The van der Waals surface area contributed by atoms with Gasteiger partial charge in [0.1, 0.15) is 0 Å². The highest BCUT2D eigenvalue weighted by Gasteiger charge is 2.01. The van der Waals surface area contributed by atoms with Crippen molar-refractivity contribution in [2.75, 3.05) is 7.11 Å². The van der Waals surface area contributed by atoms with Crippen LogP contribution in [0.5, 0.6) is 0 Å². The SMILES string of the molecule is CCCCCCCC(=O)OOC. The quantitative estimate of drug-likeness (QED) is 0.338. The number of hydrogen-bond donors (Lipinski definition) is 0. The maximum atomic E-state index is 10.7. The standard InChI is InChI=1S/C9H18O3/c1-3-4-5-6-7-8-9(10)12-11-2/h3-8H2,1-2H3. The van der Waals surface area contributed by atoms with Crippen LogP contribution >= 0.6 is 0 Å². The summed E-state index contributed by atoms with van der Waals surface area (Å²) in [6.07, 6.45) is 6.16. The first-order valence-electron chi connectivity index (χ1n) is 4.54. The molecule has 0 atom stereocenters. The lowest BCUT2D eigenvalue weighted by Gasteiger charge is -1.99. The summed E-state index contributed by atoms with van der Waals surface area (Å²) in [5.74, 6) is -0.269. The van der Waals surface area contributed by atoms with Crippen molar-refractivity contribution < 1.29 is 14.6 Å². The first-order valence-corrected chi connectivity index (χ1v) is 4.54. The molecule has 0 unspecified atom stereocenters. The van der Waals surface area contributed by atoms with Crippen LogP contribution in [0.4, 0.5) is 0 Å². The third-order valence-corrected chi connectivity index (χ3v) is 1.66. The normalized spacial score (nSPS) is 9.83. The van der Waals surface area contributed by atoms with Gasteiger partial charge in [-0.25, -0.2) is 4.79 Å². The van der Waals surface area contributed by atoms with E-state index < -0.39 is 0 Å². The van der Waals surface area contributed by atoms with E-state index in [-0.39, 0.29) is 5.97 Å². The molecule has 0 aliphatic rings. The minimum Gasteiger partial charge on any atom is -0.299 e. The molecule has 0 bridgehead atoms. The van der Waals surface area contributed by atoms with Crippen LogP contribution in [0.25, 0.3) is 0 Å². The van der Waals surface area contributed by atoms with Gasteiger partial charge in [-0.2, -0.15) is 4.89 Å². The molecule has 0 aliphatic heterocycles. The van der Waals surface area contributed by atoms with E-state index in [9.17, 15) is 4.79 Å². The van der Waals surface area contributed by atoms with Crippen molar-refractivity contribution in [1.29, 1.82) is 0 Å². The molecule has 0 fully saturated rings. The van der Waals surface area contributed by atoms with E-state index in [0.29, 0.717) is 6.42 Å². The summed E-state index contributed by atoms with van der Waals surface area (Å²) in [6.45, 7) is 2.17. The van der Waals surface area contributed by atoms with Crippen LogP contribution in [0.1, 0.15) is 45.4 Å². The molecule has 0 spiro atoms. The van der Waals surface area contributed by atoms with Crippen LogP contribution in [0.2, 0.25) is 0 Å². The summed E-state index contributed by atoms with van der Waals surface area (Å²) >= 11 is 0. The van der Waals surface area contributed by atoms with Gasteiger partial charge in [0.2, 0.25) is 0 Å². The van der Waals surface area contributed by atoms with Crippen molar-refractivity contribution >= 4 is 5.97 Å². The highest BCUT2D eigenvalue weighted by molar-refractivity contribution is 5.68. The number of unbranched alkanes of at least 4 members (excludes halogenated alkanes) is 4. The Morgan fingerprint density at radius 1 is 1.17 bits per heavy atom. The van der Waals surface area contributed by atoms with E-state index in [0.717, 1.165) is 12.8 Å². The molecule has 0 aromatic heterocycles. The molecule has 0 amide bonds. The lowest BCUT2D eigenvalue weighted by atomic mass is 10.1. The molecule has 0 aromatic rings. The average molecular weight is 174 g/mol. The predicted molar refractivity (Wildman–Crippen MR) is 46.5 cm³/mol. The third kappa shape index (κ3) is 7.54. The van der Waals surface area contributed by atoms with Crippen LogP contribution in [-0.4, -0.2) is 13.1 Å². The molecule has 0 aromatic carbocycles. The molecule has 3 heteroatoms. The maximum Gasteiger partial charge on any atom is 0.342 e. The summed E-state index contributed by atoms with van der Waals surface area (Å²) in [5, 5.41) is 0. The molecule has 0 aliphatic carbocycles. The van der Waals surface area contributed by atoms with Crippen LogP contribution in [0, 0.1) is 0 Å². The molecular formula is C9H18O3. The van der Waals surface area contributed by atoms with Gasteiger partial charge < -0.3 is 0 Å². The van der Waals surface area contributed by atoms with Gasteiger partial charge >= 0.3 is 5.97 Å². The Kier molecular flexibility index (Phi) is 8.12. The molecule has 12 heavy (non-hydrogen) atoms. The molecule has 3 nitrogen and oxygen atoms in total. The maximum absolute atomic E-state index is 10.7. The molecule has 0 saturated carbocycles. The zero-order valence-corrected chi connectivity index (χ0v) is 7.97. The largest absolute Gasteiger partial charge is 0.342 e. The van der Waals surface area contributed by atoms with E-state index in [1.165, 1.54) is 26.4 Å². The average Bonchev–Trinajstić information content (AvgIpc) is 2.05. The highest BCUT2D eigenvalue weighted by Crippen LogP contribution is 2.05. The van der Waals surface area contributed by atoms with Crippen molar-refractivity contribution in [2.45, 2.75) is 45.4 Å². The van der Waals surface area contributed by atoms with Gasteiger partial charge in [0.15, 0.2) is 0 Å². The lowest BCUT2D eigenvalue weighted by molar-refractivity contribution is -0.255. The van der Waals surface area contributed by atoms with Crippen molar-refractivity contribution in [2.24, 2.45) is 0 Å². The third-order valence-electron chi connectivity index (χ3n) is 1.66. The molecule has 0 radical (unpaired) electrons. The van der Waals surface area contributed by atoms with Gasteiger partial charge in [-0.1, -0.05) is 32.6 Å². The zero-order chi connectivity index (χ0) is 9.23. The second-order valence-electron chi connectivity index (χ2n) is 2.79. The number of rotatable bonds is 7. The molecule has 72 valence electrons. The molecule has 0 saturated heterocycles. The smallest absolute Gasteiger partial charge is 0.299 e. The second kappa shape index (κ2) is 8.53. The van der Waals surface area contributed by atoms with Crippen LogP contribution < -0.4 is 0 Å². The first kappa shape index (κ1) is 11.4. The molecule has 0 rings (SSSR count). The fourth-order valence-corrected chi connectivity index (χ4v) is 1.01. The fraction of sp³-hybridized carbons (Fsp3) is 0.889. The summed E-state index contributed by atoms with van der Waals surface area (Å²) in [6, 6.07) is 0. The Bertz CT molecular complexity index is 112. The number of carbonyl (C=O) groups excluding carboxylic acids is 1. The van der Waals surface area contributed by atoms with E-state index in [2.05, 4.69) is 16.7 Å². The molecule has 0 heterocycles. The number of hydrogen-bond acceptors (Lipinski definition) is 3. The lowest BCUT2D eigenvalue weighted by Crippen LogP contribution is -2.02. The van der Waals surface area contributed by atoms with Crippen LogP contribution in [-0.2, 0) is 14.6 Å². The minimum atomic E-state index is -0.269.